The fourth-order valence-corrected chi connectivity index (χ4v) is 2.60. The molecule has 0 aromatic heterocycles. The molecule has 0 saturated heterocycles. The fourth-order valence-electron chi connectivity index (χ4n) is 2.60. The van der Waals surface area contributed by atoms with Crippen LogP contribution in [-0.4, -0.2) is 21.4 Å². The predicted molar refractivity (Wildman–Crippen MR) is 105 cm³/mol. The van der Waals surface area contributed by atoms with Crippen LogP contribution in [0.2, 0.25) is 0 Å². The first-order valence-corrected chi connectivity index (χ1v) is 9.85. The Morgan fingerprint density at radius 1 is 0.667 bits per heavy atom. The third-order valence-electron chi connectivity index (χ3n) is 5.52. The molecule has 0 aromatic carbocycles. The molecule has 0 aromatic rings. The van der Waals surface area contributed by atoms with Gasteiger partial charge in [-0.15, -0.1) is 0 Å². The Bertz CT molecular complexity index is 360. The number of aliphatic hydroxyl groups is 2. The maximum Gasteiger partial charge on any atom is 0.122 e. The van der Waals surface area contributed by atoms with Gasteiger partial charge in [0.05, 0.1) is 0 Å². The molecular formula is C22H42O2. The van der Waals surface area contributed by atoms with E-state index in [1.807, 2.05) is 0 Å². The lowest BCUT2D eigenvalue weighted by atomic mass is 9.88. The summed E-state index contributed by atoms with van der Waals surface area (Å²) in [7, 11) is 0. The zero-order valence-corrected chi connectivity index (χ0v) is 17.4. The number of hydrogen-bond donors (Lipinski definition) is 2. The zero-order chi connectivity index (χ0) is 19.0. The van der Waals surface area contributed by atoms with Crippen molar-refractivity contribution < 1.29 is 10.2 Å². The number of rotatable bonds is 10. The maximum atomic E-state index is 10.4. The van der Waals surface area contributed by atoms with Crippen molar-refractivity contribution in [3.05, 3.63) is 0 Å². The van der Waals surface area contributed by atoms with Crippen LogP contribution in [0.3, 0.4) is 0 Å². The second kappa shape index (κ2) is 10.5. The first-order valence-electron chi connectivity index (χ1n) is 9.85. The van der Waals surface area contributed by atoms with Crippen molar-refractivity contribution in [1.82, 2.24) is 0 Å². The van der Waals surface area contributed by atoms with Crippen molar-refractivity contribution in [2.24, 2.45) is 23.7 Å². The standard InChI is InChI=1S/C22H42O2/c1-17(2)19(5)11-9-13-21(7,23)15-16-22(8,24)14-10-12-20(6)18(3)4/h17-20,23-24H,9-14H2,1-8H3. The van der Waals surface area contributed by atoms with Gasteiger partial charge in [-0.3, -0.25) is 0 Å². The molecule has 0 fully saturated rings. The van der Waals surface area contributed by atoms with E-state index in [0.29, 0.717) is 36.5 Å². The molecule has 0 rings (SSSR count). The predicted octanol–water partition coefficient (Wildman–Crippen LogP) is 5.42. The Morgan fingerprint density at radius 3 is 1.21 bits per heavy atom. The van der Waals surface area contributed by atoms with Crippen molar-refractivity contribution in [2.45, 2.75) is 105 Å². The second-order valence-corrected chi connectivity index (χ2v) is 9.02. The van der Waals surface area contributed by atoms with Gasteiger partial charge < -0.3 is 10.2 Å². The van der Waals surface area contributed by atoms with E-state index in [2.05, 4.69) is 53.4 Å². The molecule has 0 aliphatic carbocycles. The minimum atomic E-state index is -1.01. The molecular weight excluding hydrogens is 296 g/mol. The SMILES string of the molecule is CC(C)C(C)CCCC(C)(O)C#CC(C)(O)CCCC(C)C(C)C. The van der Waals surface area contributed by atoms with Crippen LogP contribution in [0.4, 0.5) is 0 Å². The molecule has 4 atom stereocenters. The third kappa shape index (κ3) is 11.1. The summed E-state index contributed by atoms with van der Waals surface area (Å²) >= 11 is 0. The summed E-state index contributed by atoms with van der Waals surface area (Å²) in [6.07, 6.45) is 5.48. The Morgan fingerprint density at radius 2 is 0.958 bits per heavy atom. The van der Waals surface area contributed by atoms with Crippen LogP contribution in [-0.2, 0) is 0 Å². The molecule has 0 saturated carbocycles. The van der Waals surface area contributed by atoms with Crippen LogP contribution in [0.15, 0.2) is 0 Å². The van der Waals surface area contributed by atoms with Gasteiger partial charge in [-0.2, -0.15) is 0 Å². The van der Waals surface area contributed by atoms with Crippen LogP contribution >= 0.6 is 0 Å². The molecule has 0 radical (unpaired) electrons. The monoisotopic (exact) mass is 338 g/mol. The Balaban J connectivity index is 4.37. The molecule has 142 valence electrons. The number of hydrogen-bond acceptors (Lipinski definition) is 2. The molecule has 4 unspecified atom stereocenters. The summed E-state index contributed by atoms with van der Waals surface area (Å²) in [6, 6.07) is 0. The van der Waals surface area contributed by atoms with Crippen LogP contribution in [0.1, 0.15) is 93.9 Å². The van der Waals surface area contributed by atoms with Gasteiger partial charge in [0, 0.05) is 0 Å². The minimum absolute atomic E-state index is 0.664. The Kier molecular flexibility index (Phi) is 10.2. The summed E-state index contributed by atoms with van der Waals surface area (Å²) in [4.78, 5) is 0. The van der Waals surface area contributed by atoms with E-state index >= 15 is 0 Å². The first-order chi connectivity index (χ1) is 10.9. The molecule has 0 amide bonds. The highest BCUT2D eigenvalue weighted by Crippen LogP contribution is 2.23. The van der Waals surface area contributed by atoms with Crippen LogP contribution < -0.4 is 0 Å². The van der Waals surface area contributed by atoms with Crippen LogP contribution in [0, 0.1) is 35.5 Å². The molecule has 0 heterocycles. The first kappa shape index (κ1) is 23.5. The van der Waals surface area contributed by atoms with E-state index in [4.69, 9.17) is 0 Å². The van der Waals surface area contributed by atoms with Crippen molar-refractivity contribution in [1.29, 1.82) is 0 Å². The van der Waals surface area contributed by atoms with Crippen molar-refractivity contribution in [3.8, 4) is 11.8 Å². The highest BCUT2D eigenvalue weighted by molar-refractivity contribution is 5.19. The van der Waals surface area contributed by atoms with E-state index in [1.165, 1.54) is 0 Å². The van der Waals surface area contributed by atoms with E-state index in [0.717, 1.165) is 25.7 Å². The summed E-state index contributed by atoms with van der Waals surface area (Å²) in [5.74, 6) is 8.52. The lowest BCUT2D eigenvalue weighted by molar-refractivity contribution is 0.0947. The second-order valence-electron chi connectivity index (χ2n) is 9.02. The maximum absolute atomic E-state index is 10.4. The third-order valence-corrected chi connectivity index (χ3v) is 5.52. The smallest absolute Gasteiger partial charge is 0.122 e. The lowest BCUT2D eigenvalue weighted by Crippen LogP contribution is -2.26. The highest BCUT2D eigenvalue weighted by atomic mass is 16.3. The topological polar surface area (TPSA) is 40.5 Å². The van der Waals surface area contributed by atoms with Crippen molar-refractivity contribution >= 4 is 0 Å². The normalized spacial score (nSPS) is 19.3. The summed E-state index contributed by atoms with van der Waals surface area (Å²) in [6.45, 7) is 17.0. The van der Waals surface area contributed by atoms with Crippen LogP contribution in [0.25, 0.3) is 0 Å². The fraction of sp³-hybridized carbons (Fsp3) is 0.909. The molecule has 2 N–H and O–H groups in total. The highest BCUT2D eigenvalue weighted by Gasteiger charge is 2.21. The van der Waals surface area contributed by atoms with Gasteiger partial charge in [-0.25, -0.2) is 0 Å². The van der Waals surface area contributed by atoms with E-state index in [1.54, 1.807) is 13.8 Å². The van der Waals surface area contributed by atoms with Gasteiger partial charge in [0.1, 0.15) is 11.2 Å². The van der Waals surface area contributed by atoms with Gasteiger partial charge in [0.2, 0.25) is 0 Å². The Hall–Kier alpha value is -0.520. The average molecular weight is 339 g/mol. The molecule has 0 aliphatic heterocycles. The van der Waals surface area contributed by atoms with Crippen LogP contribution in [0.5, 0.6) is 0 Å². The zero-order valence-electron chi connectivity index (χ0n) is 17.4. The molecule has 24 heavy (non-hydrogen) atoms. The van der Waals surface area contributed by atoms with Gasteiger partial charge in [0.25, 0.3) is 0 Å². The van der Waals surface area contributed by atoms with Gasteiger partial charge >= 0.3 is 0 Å². The summed E-state index contributed by atoms with van der Waals surface area (Å²) < 4.78 is 0. The summed E-state index contributed by atoms with van der Waals surface area (Å²) in [5.41, 5.74) is -2.02. The largest absolute Gasteiger partial charge is 0.378 e. The molecule has 2 heteroatoms. The average Bonchev–Trinajstić information content (AvgIpc) is 2.44. The minimum Gasteiger partial charge on any atom is -0.378 e. The summed E-state index contributed by atoms with van der Waals surface area (Å²) in [5, 5.41) is 20.9. The van der Waals surface area contributed by atoms with Gasteiger partial charge in [0.15, 0.2) is 0 Å². The van der Waals surface area contributed by atoms with E-state index in [-0.39, 0.29) is 0 Å². The van der Waals surface area contributed by atoms with E-state index < -0.39 is 11.2 Å². The molecule has 0 aliphatic rings. The van der Waals surface area contributed by atoms with Gasteiger partial charge in [-0.05, 0) is 63.2 Å². The van der Waals surface area contributed by atoms with E-state index in [9.17, 15) is 10.2 Å². The van der Waals surface area contributed by atoms with Crippen molar-refractivity contribution in [2.75, 3.05) is 0 Å². The van der Waals surface area contributed by atoms with Crippen molar-refractivity contribution in [3.63, 3.8) is 0 Å². The molecule has 0 spiro atoms. The van der Waals surface area contributed by atoms with Gasteiger partial charge in [-0.1, -0.05) is 66.2 Å². The quantitative estimate of drug-likeness (QED) is 0.522. The molecule has 0 bridgehead atoms. The lowest BCUT2D eigenvalue weighted by Gasteiger charge is -2.22. The Labute approximate surface area is 151 Å². The molecule has 2 nitrogen and oxygen atoms in total.